The van der Waals surface area contributed by atoms with Crippen LogP contribution in [0.2, 0.25) is 0 Å². The van der Waals surface area contributed by atoms with Crippen molar-refractivity contribution in [1.29, 1.82) is 0 Å². The lowest BCUT2D eigenvalue weighted by Gasteiger charge is -2.13. The van der Waals surface area contributed by atoms with E-state index in [2.05, 4.69) is 10.2 Å². The maximum atomic E-state index is 11.5. The van der Waals surface area contributed by atoms with Crippen molar-refractivity contribution >= 4 is 5.97 Å². The lowest BCUT2D eigenvalue weighted by molar-refractivity contribution is 0.0697. The number of benzene rings is 1. The van der Waals surface area contributed by atoms with Gasteiger partial charge in [-0.3, -0.25) is 0 Å². The number of carboxylic acid groups (broad SMARTS) is 1. The Morgan fingerprint density at radius 3 is 2.42 bits per heavy atom. The molecule has 0 spiro atoms. The van der Waals surface area contributed by atoms with Crippen LogP contribution >= 0.6 is 0 Å². The van der Waals surface area contributed by atoms with E-state index in [9.17, 15) is 9.90 Å². The fourth-order valence-electron chi connectivity index (χ4n) is 2.32. The van der Waals surface area contributed by atoms with E-state index < -0.39 is 5.97 Å². The molecule has 100 valence electrons. The third kappa shape index (κ3) is 2.12. The summed E-state index contributed by atoms with van der Waals surface area (Å²) in [4.78, 5) is 11.5. The number of carbonyl (C=O) groups is 1. The lowest BCUT2D eigenvalue weighted by atomic mass is 9.96. The molecule has 2 rings (SSSR count). The number of nitrogens with zero attached hydrogens (tertiary/aromatic N) is 3. The summed E-state index contributed by atoms with van der Waals surface area (Å²) < 4.78 is 1.92. The number of aryl methyl sites for hydroxylation is 3. The molecular weight excluding hydrogens is 242 g/mol. The minimum Gasteiger partial charge on any atom is -0.478 e. The summed E-state index contributed by atoms with van der Waals surface area (Å²) in [7, 11) is 0. The van der Waals surface area contributed by atoms with Crippen LogP contribution < -0.4 is 0 Å². The Hall–Kier alpha value is -2.17. The van der Waals surface area contributed by atoms with E-state index in [1.54, 1.807) is 6.92 Å². The van der Waals surface area contributed by atoms with Crippen molar-refractivity contribution in [2.24, 2.45) is 0 Å². The van der Waals surface area contributed by atoms with E-state index in [1.807, 2.05) is 37.5 Å². The van der Waals surface area contributed by atoms with Crippen molar-refractivity contribution in [2.75, 3.05) is 0 Å². The standard InChI is InChI=1S/C14H17N3O2/c1-5-17-10(4)15-16-13(17)11-8(2)6-7-9(3)12(11)14(18)19/h6-7H,5H2,1-4H3,(H,18,19). The predicted octanol–water partition coefficient (Wildman–Crippen LogP) is 2.59. The smallest absolute Gasteiger partial charge is 0.336 e. The summed E-state index contributed by atoms with van der Waals surface area (Å²) in [5.41, 5.74) is 2.60. The van der Waals surface area contributed by atoms with Crippen LogP contribution in [0.3, 0.4) is 0 Å². The topological polar surface area (TPSA) is 68.0 Å². The van der Waals surface area contributed by atoms with Gasteiger partial charge in [-0.05, 0) is 38.8 Å². The zero-order valence-electron chi connectivity index (χ0n) is 11.6. The fourth-order valence-corrected chi connectivity index (χ4v) is 2.32. The van der Waals surface area contributed by atoms with Crippen LogP contribution in [0.4, 0.5) is 0 Å². The molecule has 0 aliphatic heterocycles. The molecular formula is C14H17N3O2. The van der Waals surface area contributed by atoms with Gasteiger partial charge in [0.05, 0.1) is 5.56 Å². The van der Waals surface area contributed by atoms with Crippen LogP contribution in [0, 0.1) is 20.8 Å². The molecule has 0 bridgehead atoms. The lowest BCUT2D eigenvalue weighted by Crippen LogP contribution is -2.08. The Morgan fingerprint density at radius 2 is 1.84 bits per heavy atom. The highest BCUT2D eigenvalue weighted by Gasteiger charge is 2.21. The Morgan fingerprint density at radius 1 is 1.21 bits per heavy atom. The number of aromatic nitrogens is 3. The molecule has 2 aromatic rings. The molecule has 1 aromatic heterocycles. The third-order valence-electron chi connectivity index (χ3n) is 3.31. The molecule has 0 aliphatic carbocycles. The minimum absolute atomic E-state index is 0.308. The molecule has 0 aliphatic rings. The Kier molecular flexibility index (Phi) is 3.38. The van der Waals surface area contributed by atoms with Crippen LogP contribution in [-0.4, -0.2) is 25.8 Å². The largest absolute Gasteiger partial charge is 0.478 e. The molecule has 0 fully saturated rings. The van der Waals surface area contributed by atoms with Crippen LogP contribution in [-0.2, 0) is 6.54 Å². The van der Waals surface area contributed by atoms with E-state index in [0.717, 1.165) is 17.0 Å². The number of aromatic carboxylic acids is 1. The second-order valence-electron chi connectivity index (χ2n) is 4.57. The van der Waals surface area contributed by atoms with Crippen LogP contribution in [0.25, 0.3) is 11.4 Å². The van der Waals surface area contributed by atoms with Gasteiger partial charge in [-0.1, -0.05) is 12.1 Å². The van der Waals surface area contributed by atoms with Gasteiger partial charge in [0.15, 0.2) is 5.82 Å². The van der Waals surface area contributed by atoms with Crippen LogP contribution in [0.5, 0.6) is 0 Å². The number of hydrogen-bond acceptors (Lipinski definition) is 3. The molecule has 1 heterocycles. The summed E-state index contributed by atoms with van der Waals surface area (Å²) in [5, 5.41) is 17.7. The van der Waals surface area contributed by atoms with Gasteiger partial charge in [0.25, 0.3) is 0 Å². The van der Waals surface area contributed by atoms with Gasteiger partial charge < -0.3 is 9.67 Å². The summed E-state index contributed by atoms with van der Waals surface area (Å²) in [5.74, 6) is 0.479. The summed E-state index contributed by atoms with van der Waals surface area (Å²) in [6, 6.07) is 3.74. The first kappa shape index (κ1) is 13.3. The average Bonchev–Trinajstić information content (AvgIpc) is 2.72. The molecule has 1 N–H and O–H groups in total. The second-order valence-corrected chi connectivity index (χ2v) is 4.57. The zero-order valence-corrected chi connectivity index (χ0v) is 11.6. The fraction of sp³-hybridized carbons (Fsp3) is 0.357. The number of rotatable bonds is 3. The van der Waals surface area contributed by atoms with E-state index in [1.165, 1.54) is 0 Å². The molecule has 0 saturated carbocycles. The molecule has 0 saturated heterocycles. The van der Waals surface area contributed by atoms with Crippen LogP contribution in [0.15, 0.2) is 12.1 Å². The van der Waals surface area contributed by atoms with Gasteiger partial charge in [-0.15, -0.1) is 10.2 Å². The Bertz CT molecular complexity index is 644. The second kappa shape index (κ2) is 4.84. The molecule has 5 nitrogen and oxygen atoms in total. The molecule has 1 aromatic carbocycles. The quantitative estimate of drug-likeness (QED) is 0.919. The number of carboxylic acids is 1. The van der Waals surface area contributed by atoms with Crippen molar-refractivity contribution in [3.63, 3.8) is 0 Å². The summed E-state index contributed by atoms with van der Waals surface area (Å²) in [6.07, 6.45) is 0. The first-order valence-corrected chi connectivity index (χ1v) is 6.21. The van der Waals surface area contributed by atoms with Crippen molar-refractivity contribution in [2.45, 2.75) is 34.2 Å². The van der Waals surface area contributed by atoms with E-state index in [4.69, 9.17) is 0 Å². The predicted molar refractivity (Wildman–Crippen MR) is 72.3 cm³/mol. The van der Waals surface area contributed by atoms with E-state index in [0.29, 0.717) is 23.5 Å². The van der Waals surface area contributed by atoms with Crippen molar-refractivity contribution < 1.29 is 9.90 Å². The summed E-state index contributed by atoms with van der Waals surface area (Å²) >= 11 is 0. The highest BCUT2D eigenvalue weighted by atomic mass is 16.4. The number of hydrogen-bond donors (Lipinski definition) is 1. The third-order valence-corrected chi connectivity index (χ3v) is 3.31. The molecule has 0 radical (unpaired) electrons. The zero-order chi connectivity index (χ0) is 14.2. The average molecular weight is 259 g/mol. The first-order valence-electron chi connectivity index (χ1n) is 6.21. The molecule has 5 heteroatoms. The SMILES string of the molecule is CCn1c(C)nnc1-c1c(C)ccc(C)c1C(=O)O. The van der Waals surface area contributed by atoms with E-state index in [-0.39, 0.29) is 0 Å². The first-order chi connectivity index (χ1) is 8.97. The van der Waals surface area contributed by atoms with Gasteiger partial charge >= 0.3 is 5.97 Å². The highest BCUT2D eigenvalue weighted by Crippen LogP contribution is 2.29. The monoisotopic (exact) mass is 259 g/mol. The van der Waals surface area contributed by atoms with Gasteiger partial charge in [0.2, 0.25) is 0 Å². The van der Waals surface area contributed by atoms with Crippen molar-refractivity contribution in [3.8, 4) is 11.4 Å². The van der Waals surface area contributed by atoms with Gasteiger partial charge in [0.1, 0.15) is 5.82 Å². The minimum atomic E-state index is -0.931. The van der Waals surface area contributed by atoms with Crippen molar-refractivity contribution in [3.05, 3.63) is 34.6 Å². The maximum Gasteiger partial charge on any atom is 0.336 e. The highest BCUT2D eigenvalue weighted by molar-refractivity contribution is 5.97. The Labute approximate surface area is 111 Å². The van der Waals surface area contributed by atoms with Gasteiger partial charge in [-0.2, -0.15) is 0 Å². The van der Waals surface area contributed by atoms with E-state index >= 15 is 0 Å². The Balaban J connectivity index is 2.81. The molecule has 0 amide bonds. The molecule has 0 unspecified atom stereocenters. The van der Waals surface area contributed by atoms with Crippen LogP contribution in [0.1, 0.15) is 34.2 Å². The normalized spacial score (nSPS) is 10.7. The molecule has 19 heavy (non-hydrogen) atoms. The maximum absolute atomic E-state index is 11.5. The van der Waals surface area contributed by atoms with Gasteiger partial charge in [-0.25, -0.2) is 4.79 Å². The summed E-state index contributed by atoms with van der Waals surface area (Å²) in [6.45, 7) is 8.26. The van der Waals surface area contributed by atoms with Gasteiger partial charge in [0, 0.05) is 12.1 Å². The van der Waals surface area contributed by atoms with Crippen molar-refractivity contribution in [1.82, 2.24) is 14.8 Å². The molecule has 0 atom stereocenters.